The summed E-state index contributed by atoms with van der Waals surface area (Å²) in [6.45, 7) is 9.63. The molecule has 4 nitrogen and oxygen atoms in total. The maximum atomic E-state index is 12.8. The van der Waals surface area contributed by atoms with Gasteiger partial charge in [-0.2, -0.15) is 0 Å². The number of rotatable bonds is 2. The van der Waals surface area contributed by atoms with Crippen LogP contribution in [0.2, 0.25) is 0 Å². The maximum Gasteiger partial charge on any atom is 0.228 e. The number of amides is 1. The molecule has 0 bridgehead atoms. The molecule has 19 heavy (non-hydrogen) atoms. The van der Waals surface area contributed by atoms with Gasteiger partial charge in [-0.15, -0.1) is 0 Å². The Morgan fingerprint density at radius 1 is 1.37 bits per heavy atom. The Bertz CT molecular complexity index is 324. The summed E-state index contributed by atoms with van der Waals surface area (Å²) in [6.07, 6.45) is 2.77. The van der Waals surface area contributed by atoms with Gasteiger partial charge in [0.2, 0.25) is 5.91 Å². The number of carbonyl (C=O) groups excluding carboxylic acids is 1. The van der Waals surface area contributed by atoms with Gasteiger partial charge >= 0.3 is 0 Å². The van der Waals surface area contributed by atoms with Crippen LogP contribution < -0.4 is 5.32 Å². The Hall–Kier alpha value is -0.610. The molecule has 3 unspecified atom stereocenters. The third-order valence-corrected chi connectivity index (χ3v) is 5.02. The van der Waals surface area contributed by atoms with Crippen LogP contribution in [0.5, 0.6) is 0 Å². The van der Waals surface area contributed by atoms with E-state index in [0.29, 0.717) is 25.4 Å². The van der Waals surface area contributed by atoms with Crippen molar-refractivity contribution in [3.63, 3.8) is 0 Å². The summed E-state index contributed by atoms with van der Waals surface area (Å²) < 4.78 is 0. The fraction of sp³-hybridized carbons (Fsp3) is 0.933. The highest BCUT2D eigenvalue weighted by molar-refractivity contribution is 5.82. The van der Waals surface area contributed by atoms with Crippen LogP contribution in [0, 0.1) is 17.3 Å². The van der Waals surface area contributed by atoms with Crippen LogP contribution in [-0.4, -0.2) is 48.2 Å². The predicted octanol–water partition coefficient (Wildman–Crippen LogP) is 1.24. The third kappa shape index (κ3) is 3.11. The SMILES string of the molecule is CC1CN(C(=O)C(C)(C)C2CCCNC2)CCC1O. The first-order valence-corrected chi connectivity index (χ1v) is 7.61. The number of hydrogen-bond acceptors (Lipinski definition) is 3. The van der Waals surface area contributed by atoms with Gasteiger partial charge in [-0.1, -0.05) is 20.8 Å². The normalized spacial score (nSPS) is 33.3. The number of piperidine rings is 2. The first-order valence-electron chi connectivity index (χ1n) is 7.61. The van der Waals surface area contributed by atoms with Gasteiger partial charge < -0.3 is 15.3 Å². The number of aliphatic hydroxyl groups excluding tert-OH is 1. The van der Waals surface area contributed by atoms with Gasteiger partial charge in [-0.05, 0) is 44.2 Å². The molecular weight excluding hydrogens is 240 g/mol. The minimum atomic E-state index is -0.296. The molecule has 2 fully saturated rings. The molecule has 2 aliphatic rings. The Labute approximate surface area is 116 Å². The van der Waals surface area contributed by atoms with Crippen molar-refractivity contribution in [2.45, 2.75) is 46.1 Å². The summed E-state index contributed by atoms with van der Waals surface area (Å²) in [4.78, 5) is 14.8. The number of nitrogens with zero attached hydrogens (tertiary/aromatic N) is 1. The lowest BCUT2D eigenvalue weighted by Gasteiger charge is -2.42. The summed E-state index contributed by atoms with van der Waals surface area (Å²) in [5.41, 5.74) is -0.296. The lowest BCUT2D eigenvalue weighted by molar-refractivity contribution is -0.147. The van der Waals surface area contributed by atoms with Crippen LogP contribution in [0.15, 0.2) is 0 Å². The zero-order valence-electron chi connectivity index (χ0n) is 12.5. The standard InChI is InChI=1S/C15H28N2O2/c1-11-10-17(8-6-13(11)18)14(19)15(2,3)12-5-4-7-16-9-12/h11-13,16,18H,4-10H2,1-3H3. The number of hydrogen-bond donors (Lipinski definition) is 2. The minimum absolute atomic E-state index is 0.193. The largest absolute Gasteiger partial charge is 0.393 e. The Morgan fingerprint density at radius 2 is 2.11 bits per heavy atom. The van der Waals surface area contributed by atoms with Crippen LogP contribution in [0.3, 0.4) is 0 Å². The molecule has 2 saturated heterocycles. The van der Waals surface area contributed by atoms with Gasteiger partial charge in [0, 0.05) is 18.5 Å². The van der Waals surface area contributed by atoms with E-state index in [1.807, 2.05) is 11.8 Å². The molecule has 0 aromatic carbocycles. The molecule has 4 heteroatoms. The van der Waals surface area contributed by atoms with Gasteiger partial charge in [0.15, 0.2) is 0 Å². The molecule has 3 atom stereocenters. The molecule has 2 N–H and O–H groups in total. The summed E-state index contributed by atoms with van der Waals surface area (Å²) in [6, 6.07) is 0. The monoisotopic (exact) mass is 268 g/mol. The smallest absolute Gasteiger partial charge is 0.228 e. The molecule has 0 radical (unpaired) electrons. The Balaban J connectivity index is 2.01. The number of nitrogens with one attached hydrogen (secondary N) is 1. The second-order valence-corrected chi connectivity index (χ2v) is 6.85. The van der Waals surface area contributed by atoms with E-state index in [2.05, 4.69) is 19.2 Å². The Morgan fingerprint density at radius 3 is 2.68 bits per heavy atom. The van der Waals surface area contributed by atoms with E-state index in [4.69, 9.17) is 0 Å². The van der Waals surface area contributed by atoms with E-state index in [1.54, 1.807) is 0 Å². The number of carbonyl (C=O) groups is 1. The lowest BCUT2D eigenvalue weighted by Crippen LogP contribution is -2.53. The van der Waals surface area contributed by atoms with Crippen molar-refractivity contribution >= 4 is 5.91 Å². The molecule has 2 aliphatic heterocycles. The summed E-state index contributed by atoms with van der Waals surface area (Å²) in [5.74, 6) is 0.883. The molecule has 110 valence electrons. The van der Waals surface area contributed by atoms with Crippen molar-refractivity contribution in [2.24, 2.45) is 17.3 Å². The van der Waals surface area contributed by atoms with E-state index in [1.165, 1.54) is 0 Å². The zero-order valence-corrected chi connectivity index (χ0v) is 12.5. The molecular formula is C15H28N2O2. The van der Waals surface area contributed by atoms with E-state index in [0.717, 1.165) is 25.9 Å². The van der Waals surface area contributed by atoms with Crippen molar-refractivity contribution in [3.8, 4) is 0 Å². The highest BCUT2D eigenvalue weighted by atomic mass is 16.3. The van der Waals surface area contributed by atoms with Crippen molar-refractivity contribution in [2.75, 3.05) is 26.2 Å². The molecule has 0 aromatic rings. The number of likely N-dealkylation sites (tertiary alicyclic amines) is 1. The van der Waals surface area contributed by atoms with Gasteiger partial charge in [0.05, 0.1) is 6.10 Å². The lowest BCUT2D eigenvalue weighted by atomic mass is 9.73. The molecule has 0 saturated carbocycles. The third-order valence-electron chi connectivity index (χ3n) is 5.02. The van der Waals surface area contributed by atoms with Crippen LogP contribution in [0.25, 0.3) is 0 Å². The first kappa shape index (κ1) is 14.8. The molecule has 0 spiro atoms. The fourth-order valence-corrected chi connectivity index (χ4v) is 3.37. The quantitative estimate of drug-likeness (QED) is 0.792. The molecule has 1 amide bonds. The van der Waals surface area contributed by atoms with Crippen molar-refractivity contribution in [3.05, 3.63) is 0 Å². The first-order chi connectivity index (χ1) is 8.93. The van der Waals surface area contributed by atoms with Crippen molar-refractivity contribution in [1.29, 1.82) is 0 Å². The zero-order chi connectivity index (χ0) is 14.0. The number of aliphatic hydroxyl groups is 1. The second-order valence-electron chi connectivity index (χ2n) is 6.85. The fourth-order valence-electron chi connectivity index (χ4n) is 3.37. The summed E-state index contributed by atoms with van der Waals surface area (Å²) in [5, 5.41) is 13.2. The molecule has 2 rings (SSSR count). The maximum absolute atomic E-state index is 12.8. The highest BCUT2D eigenvalue weighted by Crippen LogP contribution is 2.34. The van der Waals surface area contributed by atoms with E-state index < -0.39 is 0 Å². The molecule has 2 heterocycles. The minimum Gasteiger partial charge on any atom is -0.393 e. The Kier molecular flexibility index (Phi) is 4.51. The summed E-state index contributed by atoms with van der Waals surface area (Å²) in [7, 11) is 0. The van der Waals surface area contributed by atoms with E-state index >= 15 is 0 Å². The van der Waals surface area contributed by atoms with E-state index in [9.17, 15) is 9.90 Å². The van der Waals surface area contributed by atoms with Crippen LogP contribution >= 0.6 is 0 Å². The second kappa shape index (κ2) is 5.80. The van der Waals surface area contributed by atoms with Crippen LogP contribution in [0.4, 0.5) is 0 Å². The topological polar surface area (TPSA) is 52.6 Å². The predicted molar refractivity (Wildman–Crippen MR) is 75.7 cm³/mol. The van der Waals surface area contributed by atoms with Gasteiger partial charge in [-0.3, -0.25) is 4.79 Å². The molecule has 0 aromatic heterocycles. The van der Waals surface area contributed by atoms with Gasteiger partial charge in [-0.25, -0.2) is 0 Å². The van der Waals surface area contributed by atoms with Gasteiger partial charge in [0.1, 0.15) is 0 Å². The van der Waals surface area contributed by atoms with Gasteiger partial charge in [0.25, 0.3) is 0 Å². The highest BCUT2D eigenvalue weighted by Gasteiger charge is 2.41. The average Bonchev–Trinajstić information content (AvgIpc) is 2.42. The van der Waals surface area contributed by atoms with Crippen LogP contribution in [-0.2, 0) is 4.79 Å². The van der Waals surface area contributed by atoms with Crippen molar-refractivity contribution in [1.82, 2.24) is 10.2 Å². The molecule has 0 aliphatic carbocycles. The van der Waals surface area contributed by atoms with Crippen molar-refractivity contribution < 1.29 is 9.90 Å². The summed E-state index contributed by atoms with van der Waals surface area (Å²) >= 11 is 0. The van der Waals surface area contributed by atoms with E-state index in [-0.39, 0.29) is 23.3 Å². The average molecular weight is 268 g/mol. The van der Waals surface area contributed by atoms with Crippen LogP contribution in [0.1, 0.15) is 40.0 Å².